The van der Waals surface area contributed by atoms with Crippen molar-refractivity contribution in [3.63, 3.8) is 0 Å². The van der Waals surface area contributed by atoms with E-state index >= 15 is 0 Å². The molecule has 8 heteroatoms. The van der Waals surface area contributed by atoms with Crippen LogP contribution in [0.25, 0.3) is 0 Å². The quantitative estimate of drug-likeness (QED) is 0.466. The van der Waals surface area contributed by atoms with Gasteiger partial charge in [-0.05, 0) is 22.2 Å². The molecule has 0 heterocycles. The molecule has 0 unspecified atom stereocenters. The lowest BCUT2D eigenvalue weighted by Crippen LogP contribution is -2.40. The van der Waals surface area contributed by atoms with Crippen molar-refractivity contribution in [3.05, 3.63) is 39.9 Å². The summed E-state index contributed by atoms with van der Waals surface area (Å²) in [5, 5.41) is 27.3. The molecule has 1 atom stereocenters. The maximum atomic E-state index is 10.8. The van der Waals surface area contributed by atoms with Gasteiger partial charge in [-0.3, -0.25) is 0 Å². The number of phenols is 1. The highest BCUT2D eigenvalue weighted by atomic mass is 35.5. The highest BCUT2D eigenvalue weighted by Gasteiger charge is 2.32. The number of aromatic hydroxyl groups is 1. The number of aliphatic carboxylic acids is 1. The van der Waals surface area contributed by atoms with Gasteiger partial charge in [0.25, 0.3) is 0 Å². The van der Waals surface area contributed by atoms with E-state index in [1.54, 1.807) is 0 Å². The predicted molar refractivity (Wildman–Crippen MR) is 57.9 cm³/mol. The Kier molecular flexibility index (Phi) is 4.11. The number of carboxylic acids is 1. The molecule has 7 nitrogen and oxygen atoms in total. The third-order valence-corrected chi connectivity index (χ3v) is 2.42. The molecule has 1 aromatic carbocycles. The molecule has 0 aliphatic heterocycles. The highest BCUT2D eigenvalue weighted by Crippen LogP contribution is 2.15. The fourth-order valence-corrected chi connectivity index (χ4v) is 1.38. The molecule has 0 bridgehead atoms. The predicted octanol–water partition coefficient (Wildman–Crippen LogP) is 1.04. The molecule has 0 aliphatic carbocycles. The highest BCUT2D eigenvalue weighted by molar-refractivity contribution is 6.13. The molecule has 0 radical (unpaired) electrons. The van der Waals surface area contributed by atoms with E-state index < -0.39 is 17.0 Å². The second-order valence-electron chi connectivity index (χ2n) is 3.25. The molecule has 0 aliphatic rings. The summed E-state index contributed by atoms with van der Waals surface area (Å²) < 4.78 is 0.0230. The molecule has 1 aromatic rings. The fraction of sp³-hybridized carbons (Fsp3) is 0.222. The van der Waals surface area contributed by atoms with Crippen LogP contribution < -0.4 is 0 Å². The lowest BCUT2D eigenvalue weighted by atomic mass is 10.1. The van der Waals surface area contributed by atoms with Crippen molar-refractivity contribution in [3.8, 4) is 5.75 Å². The second-order valence-corrected chi connectivity index (χ2v) is 3.60. The van der Waals surface area contributed by atoms with Crippen molar-refractivity contribution in [2.24, 2.45) is 0 Å². The van der Waals surface area contributed by atoms with E-state index in [-0.39, 0.29) is 16.7 Å². The van der Waals surface area contributed by atoms with Crippen molar-refractivity contribution in [2.75, 3.05) is 0 Å². The maximum Gasteiger partial charge on any atom is 0.334 e. The minimum absolute atomic E-state index is 0.0230. The Balaban J connectivity index is 2.84. The van der Waals surface area contributed by atoms with Crippen LogP contribution in [0.1, 0.15) is 5.56 Å². The van der Waals surface area contributed by atoms with E-state index in [0.717, 1.165) is 0 Å². The topological polar surface area (TPSA) is 104 Å². The van der Waals surface area contributed by atoms with E-state index in [1.807, 2.05) is 0 Å². The molecular weight excluding hydrogens is 252 g/mol. The van der Waals surface area contributed by atoms with Gasteiger partial charge in [-0.15, -0.1) is 0 Å². The summed E-state index contributed by atoms with van der Waals surface area (Å²) in [7, 11) is 0. The van der Waals surface area contributed by atoms with E-state index in [1.165, 1.54) is 24.3 Å². The fourth-order valence-electron chi connectivity index (χ4n) is 1.22. The van der Waals surface area contributed by atoms with E-state index in [2.05, 4.69) is 0 Å². The van der Waals surface area contributed by atoms with Gasteiger partial charge in [-0.25, -0.2) is 14.9 Å². The Morgan fingerprint density at radius 2 is 2.00 bits per heavy atom. The summed E-state index contributed by atoms with van der Waals surface area (Å²) in [6.45, 7) is 0. The monoisotopic (exact) mass is 260 g/mol. The van der Waals surface area contributed by atoms with Crippen molar-refractivity contribution in [1.82, 2.24) is 4.53 Å². The number of rotatable bonds is 5. The van der Waals surface area contributed by atoms with Gasteiger partial charge in [0.2, 0.25) is 6.04 Å². The average Bonchev–Trinajstić information content (AvgIpc) is 2.26. The third kappa shape index (κ3) is 3.49. The lowest BCUT2D eigenvalue weighted by Gasteiger charge is -2.14. The minimum Gasteiger partial charge on any atom is -0.508 e. The van der Waals surface area contributed by atoms with Crippen molar-refractivity contribution >= 4 is 17.7 Å². The Labute approximate surface area is 101 Å². The van der Waals surface area contributed by atoms with Crippen LogP contribution in [-0.4, -0.2) is 31.8 Å². The third-order valence-electron chi connectivity index (χ3n) is 2.06. The summed E-state index contributed by atoms with van der Waals surface area (Å²) in [6.07, 6.45) is -0.139. The van der Waals surface area contributed by atoms with Crippen LogP contribution >= 0.6 is 11.8 Å². The molecule has 17 heavy (non-hydrogen) atoms. The zero-order chi connectivity index (χ0) is 13.0. The van der Waals surface area contributed by atoms with Crippen LogP contribution in [0, 0.1) is 10.1 Å². The van der Waals surface area contributed by atoms with Crippen LogP contribution in [-0.2, 0) is 11.2 Å². The minimum atomic E-state index is -1.48. The first-order valence-electron chi connectivity index (χ1n) is 4.52. The van der Waals surface area contributed by atoms with Gasteiger partial charge in [-0.2, -0.15) is 0 Å². The molecule has 0 aromatic heterocycles. The van der Waals surface area contributed by atoms with Crippen LogP contribution in [0.4, 0.5) is 0 Å². The number of benzene rings is 1. The standard InChI is InChI=1S/C9H9ClN2O5/c10-11(12(16)17)8(9(14)15)5-6-1-3-7(13)4-2-6/h1-4,8,13H,5H2,(H,14,15)/t8-/m0/s1. The summed E-state index contributed by atoms with van der Waals surface area (Å²) in [5.74, 6) is -1.37. The zero-order valence-corrected chi connectivity index (χ0v) is 9.24. The Bertz CT molecular complexity index is 422. The number of carboxylic acid groups (broad SMARTS) is 1. The molecule has 92 valence electrons. The van der Waals surface area contributed by atoms with Crippen molar-refractivity contribution in [1.29, 1.82) is 0 Å². The van der Waals surface area contributed by atoms with Crippen LogP contribution in [0.2, 0.25) is 0 Å². The van der Waals surface area contributed by atoms with Crippen LogP contribution in [0.3, 0.4) is 0 Å². The van der Waals surface area contributed by atoms with Crippen LogP contribution in [0.5, 0.6) is 5.75 Å². The largest absolute Gasteiger partial charge is 0.508 e. The molecule has 2 N–H and O–H groups in total. The summed E-state index contributed by atoms with van der Waals surface area (Å²) in [5.41, 5.74) is 0.516. The Morgan fingerprint density at radius 1 is 1.47 bits per heavy atom. The number of halogens is 1. The number of hydrazine groups is 1. The van der Waals surface area contributed by atoms with E-state index in [4.69, 9.17) is 22.0 Å². The average molecular weight is 261 g/mol. The first-order chi connectivity index (χ1) is 7.91. The lowest BCUT2D eigenvalue weighted by molar-refractivity contribution is -0.627. The van der Waals surface area contributed by atoms with Crippen molar-refractivity contribution in [2.45, 2.75) is 12.5 Å². The molecule has 0 saturated carbocycles. The number of hydrogen-bond donors (Lipinski definition) is 2. The molecule has 0 fully saturated rings. The number of nitrogens with zero attached hydrogens (tertiary/aromatic N) is 2. The van der Waals surface area contributed by atoms with Gasteiger partial charge in [0, 0.05) is 6.42 Å². The van der Waals surface area contributed by atoms with Gasteiger partial charge in [0.1, 0.15) is 5.75 Å². The molecule has 1 rings (SSSR count). The molecule has 0 saturated heterocycles. The van der Waals surface area contributed by atoms with Gasteiger partial charge in [0.15, 0.2) is 5.03 Å². The SMILES string of the molecule is O=C(O)[C@H](Cc1ccc(O)cc1)N(Cl)[N+](=O)[O-]. The maximum absolute atomic E-state index is 10.8. The Hall–Kier alpha value is -2.02. The van der Waals surface area contributed by atoms with Crippen molar-refractivity contribution < 1.29 is 20.0 Å². The van der Waals surface area contributed by atoms with Gasteiger partial charge in [-0.1, -0.05) is 12.1 Å². The summed E-state index contributed by atoms with van der Waals surface area (Å²) in [4.78, 5) is 21.2. The first kappa shape index (κ1) is 13.0. The summed E-state index contributed by atoms with van der Waals surface area (Å²) in [6, 6.07) is 4.18. The molecule has 0 spiro atoms. The summed E-state index contributed by atoms with van der Waals surface area (Å²) >= 11 is 5.26. The zero-order valence-electron chi connectivity index (χ0n) is 8.49. The first-order valence-corrected chi connectivity index (χ1v) is 4.85. The van der Waals surface area contributed by atoms with Gasteiger partial charge >= 0.3 is 5.97 Å². The smallest absolute Gasteiger partial charge is 0.334 e. The number of nitro groups is 1. The number of hydrogen-bond acceptors (Lipinski definition) is 4. The van der Waals surface area contributed by atoms with Crippen LogP contribution in [0.15, 0.2) is 24.3 Å². The van der Waals surface area contributed by atoms with E-state index in [9.17, 15) is 14.9 Å². The molecule has 0 amide bonds. The van der Waals surface area contributed by atoms with Gasteiger partial charge in [0.05, 0.1) is 11.8 Å². The normalized spacial score (nSPS) is 11.8. The number of phenolic OH excluding ortho intramolecular Hbond substituents is 1. The second kappa shape index (κ2) is 5.35. The Morgan fingerprint density at radius 3 is 2.41 bits per heavy atom. The molecular formula is C9H9ClN2O5. The van der Waals surface area contributed by atoms with E-state index in [0.29, 0.717) is 5.56 Å². The number of carbonyl (C=O) groups is 1. The van der Waals surface area contributed by atoms with Gasteiger partial charge < -0.3 is 10.2 Å².